The third-order valence-electron chi connectivity index (χ3n) is 2.62. The van der Waals surface area contributed by atoms with Gasteiger partial charge in [-0.25, -0.2) is 0 Å². The van der Waals surface area contributed by atoms with Crippen molar-refractivity contribution in [2.45, 2.75) is 26.7 Å². The largest absolute Gasteiger partial charge is 0.465 e. The number of nitrogens with one attached hydrogen (secondary N) is 1. The number of ether oxygens (including phenoxy) is 1. The summed E-state index contributed by atoms with van der Waals surface area (Å²) in [6, 6.07) is 0. The lowest BCUT2D eigenvalue weighted by Gasteiger charge is -2.18. The molecule has 0 saturated heterocycles. The molecule has 1 atom stereocenters. The molecule has 0 amide bonds. The lowest BCUT2D eigenvalue weighted by atomic mass is 9.95. The van der Waals surface area contributed by atoms with Crippen LogP contribution in [0.4, 0.5) is 5.95 Å². The van der Waals surface area contributed by atoms with Crippen LogP contribution in [0, 0.1) is 5.92 Å². The molecule has 1 heterocycles. The predicted octanol–water partition coefficient (Wildman–Crippen LogP) is 1.16. The number of hydrogen-bond donors (Lipinski definition) is 1. The molecule has 0 fully saturated rings. The van der Waals surface area contributed by atoms with E-state index < -0.39 is 0 Å². The van der Waals surface area contributed by atoms with Gasteiger partial charge in [-0.1, -0.05) is 13.8 Å². The van der Waals surface area contributed by atoms with Gasteiger partial charge in [-0.15, -0.1) is 10.2 Å². The van der Waals surface area contributed by atoms with Gasteiger partial charge in [-0.2, -0.15) is 0 Å². The number of hydrogen-bond acceptors (Lipinski definition) is 5. The summed E-state index contributed by atoms with van der Waals surface area (Å²) in [5, 5.41) is 11.0. The van der Waals surface area contributed by atoms with Gasteiger partial charge in [0.05, 0.1) is 6.61 Å². The Labute approximate surface area is 101 Å². The van der Waals surface area contributed by atoms with E-state index in [0.29, 0.717) is 18.4 Å². The Morgan fingerprint density at radius 1 is 1.47 bits per heavy atom. The van der Waals surface area contributed by atoms with Gasteiger partial charge >= 0.3 is 5.97 Å². The minimum Gasteiger partial charge on any atom is -0.465 e. The smallest absolute Gasteiger partial charge is 0.316 e. The molecule has 0 aliphatic carbocycles. The first-order valence-corrected chi connectivity index (χ1v) is 5.76. The molecule has 1 rings (SSSR count). The average molecular weight is 240 g/mol. The van der Waals surface area contributed by atoms with E-state index in [0.717, 1.165) is 0 Å². The maximum absolute atomic E-state index is 11.9. The van der Waals surface area contributed by atoms with E-state index in [-0.39, 0.29) is 17.8 Å². The number of rotatable bonds is 5. The Balaban J connectivity index is 3.05. The monoisotopic (exact) mass is 240 g/mol. The molecule has 96 valence electrons. The van der Waals surface area contributed by atoms with Crippen LogP contribution >= 0.6 is 0 Å². The maximum Gasteiger partial charge on any atom is 0.316 e. The molecule has 0 bridgehead atoms. The fourth-order valence-corrected chi connectivity index (χ4v) is 1.74. The van der Waals surface area contributed by atoms with E-state index in [4.69, 9.17) is 4.74 Å². The summed E-state index contributed by atoms with van der Waals surface area (Å²) in [4.78, 5) is 11.9. The van der Waals surface area contributed by atoms with Crippen LogP contribution in [0.15, 0.2) is 0 Å². The molecule has 6 heteroatoms. The van der Waals surface area contributed by atoms with Crippen molar-refractivity contribution in [2.75, 3.05) is 19.0 Å². The summed E-state index contributed by atoms with van der Waals surface area (Å²) in [6.07, 6.45) is 0. The van der Waals surface area contributed by atoms with Crippen molar-refractivity contribution in [1.29, 1.82) is 0 Å². The van der Waals surface area contributed by atoms with Gasteiger partial charge in [0.2, 0.25) is 5.95 Å². The van der Waals surface area contributed by atoms with Crippen LogP contribution in [0.3, 0.4) is 0 Å². The van der Waals surface area contributed by atoms with E-state index in [1.54, 1.807) is 18.5 Å². The molecule has 1 N–H and O–H groups in total. The van der Waals surface area contributed by atoms with Crippen LogP contribution < -0.4 is 5.32 Å². The Hall–Kier alpha value is -1.59. The zero-order valence-electron chi connectivity index (χ0n) is 11.0. The summed E-state index contributed by atoms with van der Waals surface area (Å²) in [7, 11) is 3.60. The average Bonchev–Trinajstić information content (AvgIpc) is 2.61. The number of carbonyl (C=O) groups excluding carboxylic acids is 1. The SMILES string of the molecule is CCOC(=O)C(c1nnc(NC)n1C)C(C)C. The summed E-state index contributed by atoms with van der Waals surface area (Å²) >= 11 is 0. The molecular formula is C11H20N4O2. The van der Waals surface area contributed by atoms with Crippen molar-refractivity contribution in [3.05, 3.63) is 5.82 Å². The molecule has 0 aliphatic heterocycles. The minimum atomic E-state index is -0.380. The van der Waals surface area contributed by atoms with Gasteiger partial charge in [-0.05, 0) is 12.8 Å². The Morgan fingerprint density at radius 2 is 2.12 bits per heavy atom. The zero-order valence-corrected chi connectivity index (χ0v) is 11.0. The van der Waals surface area contributed by atoms with Crippen LogP contribution in [0.25, 0.3) is 0 Å². The highest BCUT2D eigenvalue weighted by molar-refractivity contribution is 5.77. The number of esters is 1. The van der Waals surface area contributed by atoms with Gasteiger partial charge in [0.25, 0.3) is 0 Å². The molecule has 1 unspecified atom stereocenters. The van der Waals surface area contributed by atoms with Gasteiger partial charge in [-0.3, -0.25) is 9.36 Å². The molecule has 6 nitrogen and oxygen atoms in total. The molecular weight excluding hydrogens is 220 g/mol. The molecule has 0 radical (unpaired) electrons. The number of anilines is 1. The van der Waals surface area contributed by atoms with Crippen molar-refractivity contribution >= 4 is 11.9 Å². The van der Waals surface area contributed by atoms with E-state index in [2.05, 4.69) is 15.5 Å². The van der Waals surface area contributed by atoms with Crippen molar-refractivity contribution in [1.82, 2.24) is 14.8 Å². The fourth-order valence-electron chi connectivity index (χ4n) is 1.74. The van der Waals surface area contributed by atoms with Crippen LogP contribution in [0.1, 0.15) is 32.5 Å². The quantitative estimate of drug-likeness (QED) is 0.782. The van der Waals surface area contributed by atoms with Crippen LogP contribution in [-0.2, 0) is 16.6 Å². The topological polar surface area (TPSA) is 69.0 Å². The van der Waals surface area contributed by atoms with Crippen molar-refractivity contribution in [3.8, 4) is 0 Å². The minimum absolute atomic E-state index is 0.113. The lowest BCUT2D eigenvalue weighted by molar-refractivity contribution is -0.146. The second-order valence-electron chi connectivity index (χ2n) is 4.16. The molecule has 17 heavy (non-hydrogen) atoms. The predicted molar refractivity (Wildman–Crippen MR) is 64.8 cm³/mol. The summed E-state index contributed by atoms with van der Waals surface area (Å²) in [6.45, 7) is 6.11. The summed E-state index contributed by atoms with van der Waals surface area (Å²) < 4.78 is 6.86. The van der Waals surface area contributed by atoms with Gasteiger partial charge in [0.15, 0.2) is 0 Å². The molecule has 1 aromatic heterocycles. The molecule has 0 aromatic carbocycles. The zero-order chi connectivity index (χ0) is 13.0. The van der Waals surface area contributed by atoms with Crippen LogP contribution in [0.2, 0.25) is 0 Å². The summed E-state index contributed by atoms with van der Waals surface area (Å²) in [5.74, 6) is 0.745. The van der Waals surface area contributed by atoms with Crippen LogP contribution in [-0.4, -0.2) is 34.4 Å². The van der Waals surface area contributed by atoms with Gasteiger partial charge in [0.1, 0.15) is 11.7 Å². The second-order valence-corrected chi connectivity index (χ2v) is 4.16. The second kappa shape index (κ2) is 5.65. The lowest BCUT2D eigenvalue weighted by Crippen LogP contribution is -2.24. The van der Waals surface area contributed by atoms with Gasteiger partial charge in [0, 0.05) is 14.1 Å². The first-order chi connectivity index (χ1) is 8.02. The molecule has 0 spiro atoms. The molecule has 0 saturated carbocycles. The normalized spacial score (nSPS) is 12.6. The Kier molecular flexibility index (Phi) is 4.48. The first-order valence-electron chi connectivity index (χ1n) is 5.76. The third kappa shape index (κ3) is 2.75. The highest BCUT2D eigenvalue weighted by Crippen LogP contribution is 2.25. The molecule has 1 aromatic rings. The van der Waals surface area contributed by atoms with E-state index in [1.807, 2.05) is 20.9 Å². The van der Waals surface area contributed by atoms with E-state index >= 15 is 0 Å². The number of nitrogens with zero attached hydrogens (tertiary/aromatic N) is 3. The van der Waals surface area contributed by atoms with Crippen molar-refractivity contribution in [2.24, 2.45) is 13.0 Å². The van der Waals surface area contributed by atoms with Gasteiger partial charge < -0.3 is 10.1 Å². The number of aromatic nitrogens is 3. The highest BCUT2D eigenvalue weighted by atomic mass is 16.5. The van der Waals surface area contributed by atoms with Crippen molar-refractivity contribution < 1.29 is 9.53 Å². The first kappa shape index (κ1) is 13.5. The Morgan fingerprint density at radius 3 is 2.53 bits per heavy atom. The fraction of sp³-hybridized carbons (Fsp3) is 0.727. The summed E-state index contributed by atoms with van der Waals surface area (Å²) in [5.41, 5.74) is 0. The van der Waals surface area contributed by atoms with Crippen molar-refractivity contribution in [3.63, 3.8) is 0 Å². The maximum atomic E-state index is 11.9. The highest BCUT2D eigenvalue weighted by Gasteiger charge is 2.30. The third-order valence-corrected chi connectivity index (χ3v) is 2.62. The number of carbonyl (C=O) groups is 1. The Bertz CT molecular complexity index is 387. The standard InChI is InChI=1S/C11H20N4O2/c1-6-17-10(16)8(7(2)3)9-13-14-11(12-4)15(9)5/h7-8H,6H2,1-5H3,(H,12,14). The van der Waals surface area contributed by atoms with E-state index in [9.17, 15) is 4.79 Å². The molecule has 0 aliphatic rings. The van der Waals surface area contributed by atoms with Crippen LogP contribution in [0.5, 0.6) is 0 Å². The van der Waals surface area contributed by atoms with E-state index in [1.165, 1.54) is 0 Å².